The fraction of sp³-hybridized carbons (Fsp3) is 0. The first kappa shape index (κ1) is 12.3. The van der Waals surface area contributed by atoms with Crippen LogP contribution >= 0.6 is 11.6 Å². The summed E-state index contributed by atoms with van der Waals surface area (Å²) in [6.07, 6.45) is 3.41. The average Bonchev–Trinajstić information content (AvgIpc) is 2.69. The van der Waals surface area contributed by atoms with Gasteiger partial charge in [0.25, 0.3) is 0 Å². The van der Waals surface area contributed by atoms with Crippen LogP contribution in [0.5, 0.6) is 0 Å². The van der Waals surface area contributed by atoms with Crippen molar-refractivity contribution in [3.05, 3.63) is 63.6 Å². The Morgan fingerprint density at radius 1 is 1.39 bits per heavy atom. The van der Waals surface area contributed by atoms with Gasteiger partial charge in [-0.3, -0.25) is 14.7 Å². The van der Waals surface area contributed by atoms with Crippen LogP contribution in [0.25, 0.3) is 11.8 Å². The predicted molar refractivity (Wildman–Crippen MR) is 64.6 cm³/mol. The van der Waals surface area contributed by atoms with Crippen molar-refractivity contribution >= 4 is 17.7 Å². The van der Waals surface area contributed by atoms with E-state index in [2.05, 4.69) is 4.98 Å². The predicted octanol–water partition coefficient (Wildman–Crippen LogP) is 2.91. The number of nitro groups is 1. The largest absolute Gasteiger partial charge is 0.298 e. The molecule has 0 N–H and O–H groups in total. The van der Waals surface area contributed by atoms with Crippen molar-refractivity contribution in [2.75, 3.05) is 0 Å². The summed E-state index contributed by atoms with van der Waals surface area (Å²) >= 11 is 5.83. The molecule has 1 aromatic carbocycles. The number of halogens is 2. The second-order valence-corrected chi connectivity index (χ2v) is 3.73. The molecule has 5 nitrogen and oxygen atoms in total. The molecule has 0 spiro atoms. The van der Waals surface area contributed by atoms with Gasteiger partial charge < -0.3 is 0 Å². The third kappa shape index (κ3) is 2.54. The van der Waals surface area contributed by atoms with Crippen LogP contribution in [0.3, 0.4) is 0 Å². The number of nitrogens with zero attached hydrogens (tertiary/aromatic N) is 3. The number of hydrogen-bond donors (Lipinski definition) is 0. The Balaban J connectivity index is 2.45. The summed E-state index contributed by atoms with van der Waals surface area (Å²) in [6.45, 7) is 0. The first-order valence-corrected chi connectivity index (χ1v) is 5.26. The zero-order chi connectivity index (χ0) is 13.1. The van der Waals surface area contributed by atoms with E-state index in [0.29, 0.717) is 11.4 Å². The Kier molecular flexibility index (Phi) is 3.38. The van der Waals surface area contributed by atoms with Crippen molar-refractivity contribution in [3.8, 4) is 5.69 Å². The number of rotatable bonds is 3. The van der Waals surface area contributed by atoms with E-state index in [1.807, 2.05) is 0 Å². The Bertz CT molecular complexity index is 607. The van der Waals surface area contributed by atoms with Gasteiger partial charge >= 0.3 is 0 Å². The van der Waals surface area contributed by atoms with E-state index in [-0.39, 0.29) is 11.0 Å². The highest BCUT2D eigenvalue weighted by atomic mass is 35.5. The van der Waals surface area contributed by atoms with E-state index in [0.717, 1.165) is 6.20 Å². The van der Waals surface area contributed by atoms with Crippen molar-refractivity contribution in [1.82, 2.24) is 9.55 Å². The Morgan fingerprint density at radius 2 is 2.06 bits per heavy atom. The molecule has 0 atom stereocenters. The lowest BCUT2D eigenvalue weighted by molar-refractivity contribution is -0.401. The first-order chi connectivity index (χ1) is 8.58. The van der Waals surface area contributed by atoms with E-state index < -0.39 is 4.92 Å². The molecular weight excluding hydrogens is 261 g/mol. The molecular formula is C11H7ClFN3O2. The second-order valence-electron chi connectivity index (χ2n) is 3.37. The van der Waals surface area contributed by atoms with Crippen LogP contribution < -0.4 is 0 Å². The van der Waals surface area contributed by atoms with Gasteiger partial charge in [-0.1, -0.05) is 11.6 Å². The molecule has 0 saturated carbocycles. The minimum atomic E-state index is -0.599. The summed E-state index contributed by atoms with van der Waals surface area (Å²) in [7, 11) is 0. The van der Waals surface area contributed by atoms with Crippen LogP contribution in [-0.4, -0.2) is 14.5 Å². The SMILES string of the molecule is O=[N+]([O-])C=Cc1c(Cl)ncn1-c1ccc(F)cc1. The average molecular weight is 268 g/mol. The monoisotopic (exact) mass is 267 g/mol. The summed E-state index contributed by atoms with van der Waals surface area (Å²) in [5.41, 5.74) is 0.971. The lowest BCUT2D eigenvalue weighted by Gasteiger charge is -2.04. The van der Waals surface area contributed by atoms with E-state index >= 15 is 0 Å². The summed E-state index contributed by atoms with van der Waals surface area (Å²) < 4.78 is 14.3. The van der Waals surface area contributed by atoms with Crippen molar-refractivity contribution in [2.45, 2.75) is 0 Å². The number of benzene rings is 1. The first-order valence-electron chi connectivity index (χ1n) is 4.88. The lowest BCUT2D eigenvalue weighted by Crippen LogP contribution is -1.95. The van der Waals surface area contributed by atoms with Gasteiger partial charge in [-0.05, 0) is 24.3 Å². The fourth-order valence-corrected chi connectivity index (χ4v) is 1.62. The lowest BCUT2D eigenvalue weighted by atomic mass is 10.3. The Hall–Kier alpha value is -2.21. The zero-order valence-electron chi connectivity index (χ0n) is 8.96. The van der Waals surface area contributed by atoms with Crippen LogP contribution in [0, 0.1) is 15.9 Å². The van der Waals surface area contributed by atoms with E-state index in [4.69, 9.17) is 11.6 Å². The Labute approximate surface area is 106 Å². The van der Waals surface area contributed by atoms with E-state index in [9.17, 15) is 14.5 Å². The van der Waals surface area contributed by atoms with Crippen LogP contribution in [-0.2, 0) is 0 Å². The maximum atomic E-state index is 12.8. The molecule has 0 aliphatic carbocycles. The topological polar surface area (TPSA) is 61.0 Å². The zero-order valence-corrected chi connectivity index (χ0v) is 9.71. The normalized spacial score (nSPS) is 11.0. The number of hydrogen-bond acceptors (Lipinski definition) is 3. The van der Waals surface area contributed by atoms with Gasteiger partial charge in [-0.25, -0.2) is 9.37 Å². The molecule has 0 fully saturated rings. The fourth-order valence-electron chi connectivity index (χ4n) is 1.42. The highest BCUT2D eigenvalue weighted by Crippen LogP contribution is 2.20. The maximum absolute atomic E-state index is 12.8. The van der Waals surface area contributed by atoms with Crippen LogP contribution in [0.2, 0.25) is 5.15 Å². The molecule has 7 heteroatoms. The van der Waals surface area contributed by atoms with Gasteiger partial charge in [0.2, 0.25) is 6.20 Å². The molecule has 0 aliphatic rings. The van der Waals surface area contributed by atoms with Crippen molar-refractivity contribution in [1.29, 1.82) is 0 Å². The van der Waals surface area contributed by atoms with Crippen molar-refractivity contribution in [2.24, 2.45) is 0 Å². The van der Waals surface area contributed by atoms with Gasteiger partial charge in [-0.2, -0.15) is 0 Å². The molecule has 0 radical (unpaired) electrons. The van der Waals surface area contributed by atoms with Crippen LogP contribution in [0.4, 0.5) is 4.39 Å². The highest BCUT2D eigenvalue weighted by Gasteiger charge is 2.09. The summed E-state index contributed by atoms with van der Waals surface area (Å²) in [4.78, 5) is 13.5. The number of aromatic nitrogens is 2. The standard InChI is InChI=1S/C11H7ClFN3O2/c12-11-10(5-6-16(17)18)15(7-14-11)9-3-1-8(13)2-4-9/h1-7H. The summed E-state index contributed by atoms with van der Waals surface area (Å²) in [6, 6.07) is 5.61. The third-order valence-electron chi connectivity index (χ3n) is 2.22. The molecule has 1 aromatic heterocycles. The van der Waals surface area contributed by atoms with E-state index in [1.165, 1.54) is 41.2 Å². The quantitative estimate of drug-likeness (QED) is 0.634. The summed E-state index contributed by atoms with van der Waals surface area (Å²) in [5.74, 6) is -0.368. The van der Waals surface area contributed by atoms with Gasteiger partial charge in [0, 0.05) is 11.8 Å². The molecule has 2 rings (SSSR count). The molecule has 0 bridgehead atoms. The molecule has 1 heterocycles. The maximum Gasteiger partial charge on any atom is 0.236 e. The molecule has 0 saturated heterocycles. The molecule has 2 aromatic rings. The van der Waals surface area contributed by atoms with Gasteiger partial charge in [0.15, 0.2) is 5.15 Å². The molecule has 92 valence electrons. The van der Waals surface area contributed by atoms with Crippen LogP contribution in [0.1, 0.15) is 5.69 Å². The molecule has 0 unspecified atom stereocenters. The smallest absolute Gasteiger partial charge is 0.236 e. The van der Waals surface area contributed by atoms with Gasteiger partial charge in [0.1, 0.15) is 12.1 Å². The third-order valence-corrected chi connectivity index (χ3v) is 2.51. The Morgan fingerprint density at radius 3 is 2.67 bits per heavy atom. The molecule has 18 heavy (non-hydrogen) atoms. The van der Waals surface area contributed by atoms with Crippen molar-refractivity contribution < 1.29 is 9.31 Å². The molecule has 0 aliphatic heterocycles. The molecule has 0 amide bonds. The van der Waals surface area contributed by atoms with Gasteiger partial charge in [-0.15, -0.1) is 0 Å². The summed E-state index contributed by atoms with van der Waals surface area (Å²) in [5, 5.41) is 10.4. The highest BCUT2D eigenvalue weighted by molar-refractivity contribution is 6.30. The van der Waals surface area contributed by atoms with E-state index in [1.54, 1.807) is 0 Å². The van der Waals surface area contributed by atoms with Crippen LogP contribution in [0.15, 0.2) is 36.8 Å². The number of imidazole rings is 1. The minimum absolute atomic E-state index is 0.137. The second kappa shape index (κ2) is 4.97. The van der Waals surface area contributed by atoms with Gasteiger partial charge in [0.05, 0.1) is 10.6 Å². The van der Waals surface area contributed by atoms with Crippen molar-refractivity contribution in [3.63, 3.8) is 0 Å². The minimum Gasteiger partial charge on any atom is -0.298 e.